The summed E-state index contributed by atoms with van der Waals surface area (Å²) in [6.07, 6.45) is 2.07. The first kappa shape index (κ1) is 14.2. The van der Waals surface area contributed by atoms with Crippen molar-refractivity contribution in [3.63, 3.8) is 0 Å². The van der Waals surface area contributed by atoms with Crippen LogP contribution in [0.5, 0.6) is 0 Å². The number of nitrogens with zero attached hydrogens (tertiary/aromatic N) is 1. The van der Waals surface area contributed by atoms with Crippen molar-refractivity contribution in [2.75, 3.05) is 13.1 Å². The van der Waals surface area contributed by atoms with E-state index in [1.54, 1.807) is 6.07 Å². The molecule has 0 unspecified atom stereocenters. The van der Waals surface area contributed by atoms with E-state index < -0.39 is 0 Å². The van der Waals surface area contributed by atoms with E-state index in [2.05, 4.69) is 29.2 Å². The third-order valence-corrected chi connectivity index (χ3v) is 4.29. The maximum Gasteiger partial charge on any atom is 0.132 e. The van der Waals surface area contributed by atoms with Crippen molar-refractivity contribution < 1.29 is 4.39 Å². The Labute approximate surface area is 125 Å². The molecule has 2 nitrogen and oxygen atoms in total. The first-order valence-electron chi connectivity index (χ1n) is 7.53. The van der Waals surface area contributed by atoms with Crippen molar-refractivity contribution in [1.29, 1.82) is 0 Å². The van der Waals surface area contributed by atoms with E-state index in [-0.39, 0.29) is 12.4 Å². The van der Waals surface area contributed by atoms with Gasteiger partial charge in [-0.2, -0.15) is 0 Å². The predicted molar refractivity (Wildman–Crippen MR) is 83.4 cm³/mol. The summed E-state index contributed by atoms with van der Waals surface area (Å²) in [6.45, 7) is 2.87. The van der Waals surface area contributed by atoms with Gasteiger partial charge in [0, 0.05) is 37.3 Å². The molecule has 0 atom stereocenters. The average Bonchev–Trinajstić information content (AvgIpc) is 2.72. The quantitative estimate of drug-likeness (QED) is 0.939. The normalized spacial score (nSPS) is 15.5. The first-order valence-corrected chi connectivity index (χ1v) is 7.53. The number of nitrogens with two attached hydrogens (primary N) is 1. The van der Waals surface area contributed by atoms with Gasteiger partial charge >= 0.3 is 0 Å². The van der Waals surface area contributed by atoms with E-state index >= 15 is 0 Å². The molecule has 2 N–H and O–H groups in total. The standard InChI is InChI=1S/C18H21FN2/c19-18-16(12-20)6-3-7-17(18)13-21-10-8-14-4-1-2-5-15(14)9-11-21/h1-7H,8-13,20H2. The zero-order chi connectivity index (χ0) is 14.7. The highest BCUT2D eigenvalue weighted by Crippen LogP contribution is 2.19. The molecule has 0 amide bonds. The van der Waals surface area contributed by atoms with E-state index in [0.717, 1.165) is 31.5 Å². The van der Waals surface area contributed by atoms with E-state index in [1.807, 2.05) is 12.1 Å². The second-order valence-electron chi connectivity index (χ2n) is 5.64. The lowest BCUT2D eigenvalue weighted by molar-refractivity contribution is 0.275. The van der Waals surface area contributed by atoms with Crippen LogP contribution in [0.2, 0.25) is 0 Å². The molecule has 1 aliphatic heterocycles. The molecule has 0 saturated carbocycles. The van der Waals surface area contributed by atoms with Gasteiger partial charge in [-0.3, -0.25) is 4.90 Å². The Morgan fingerprint density at radius 1 is 0.905 bits per heavy atom. The van der Waals surface area contributed by atoms with Gasteiger partial charge in [0.15, 0.2) is 0 Å². The second-order valence-corrected chi connectivity index (χ2v) is 5.64. The molecular formula is C18H21FN2. The molecule has 0 aliphatic carbocycles. The molecule has 3 rings (SSSR count). The molecule has 0 fully saturated rings. The SMILES string of the molecule is NCc1cccc(CN2CCc3ccccc3CC2)c1F. The van der Waals surface area contributed by atoms with Gasteiger partial charge in [-0.05, 0) is 24.0 Å². The van der Waals surface area contributed by atoms with Crippen LogP contribution in [0.15, 0.2) is 42.5 Å². The van der Waals surface area contributed by atoms with Gasteiger partial charge in [0.05, 0.1) is 0 Å². The van der Waals surface area contributed by atoms with Gasteiger partial charge in [-0.1, -0.05) is 42.5 Å². The fourth-order valence-corrected chi connectivity index (χ4v) is 3.03. The average molecular weight is 284 g/mol. The zero-order valence-corrected chi connectivity index (χ0v) is 12.2. The van der Waals surface area contributed by atoms with Gasteiger partial charge in [0.1, 0.15) is 5.82 Å². The fourth-order valence-electron chi connectivity index (χ4n) is 3.03. The van der Waals surface area contributed by atoms with Crippen LogP contribution in [0.25, 0.3) is 0 Å². The largest absolute Gasteiger partial charge is 0.326 e. The van der Waals surface area contributed by atoms with Gasteiger partial charge in [-0.25, -0.2) is 4.39 Å². The van der Waals surface area contributed by atoms with E-state index in [9.17, 15) is 4.39 Å². The Balaban J connectivity index is 1.73. The number of hydrogen-bond acceptors (Lipinski definition) is 2. The number of halogens is 1. The summed E-state index contributed by atoms with van der Waals surface area (Å²) in [5.41, 5.74) is 9.79. The zero-order valence-electron chi connectivity index (χ0n) is 12.2. The van der Waals surface area contributed by atoms with E-state index in [0.29, 0.717) is 12.1 Å². The number of rotatable bonds is 3. The second kappa shape index (κ2) is 6.37. The van der Waals surface area contributed by atoms with Crippen LogP contribution in [0, 0.1) is 5.82 Å². The van der Waals surface area contributed by atoms with Gasteiger partial charge in [-0.15, -0.1) is 0 Å². The highest BCUT2D eigenvalue weighted by Gasteiger charge is 2.16. The summed E-state index contributed by atoms with van der Waals surface area (Å²) >= 11 is 0. The summed E-state index contributed by atoms with van der Waals surface area (Å²) in [4.78, 5) is 2.33. The molecule has 1 aliphatic rings. The van der Waals surface area contributed by atoms with Crippen molar-refractivity contribution in [1.82, 2.24) is 4.90 Å². The monoisotopic (exact) mass is 284 g/mol. The lowest BCUT2D eigenvalue weighted by Crippen LogP contribution is -2.26. The molecular weight excluding hydrogens is 263 g/mol. The molecule has 0 bridgehead atoms. The number of fused-ring (bicyclic) bond motifs is 1. The van der Waals surface area contributed by atoms with E-state index in [4.69, 9.17) is 5.73 Å². The van der Waals surface area contributed by atoms with Crippen LogP contribution in [0.3, 0.4) is 0 Å². The maximum atomic E-state index is 14.3. The molecule has 1 heterocycles. The highest BCUT2D eigenvalue weighted by atomic mass is 19.1. The van der Waals surface area contributed by atoms with Crippen LogP contribution < -0.4 is 5.73 Å². The van der Waals surface area contributed by atoms with Gasteiger partial charge in [0.25, 0.3) is 0 Å². The Bertz CT molecular complexity index is 597. The summed E-state index contributed by atoms with van der Waals surface area (Å²) < 4.78 is 14.3. The van der Waals surface area contributed by atoms with Crippen LogP contribution in [-0.4, -0.2) is 18.0 Å². The number of hydrogen-bond donors (Lipinski definition) is 1. The van der Waals surface area contributed by atoms with Crippen molar-refractivity contribution >= 4 is 0 Å². The summed E-state index contributed by atoms with van der Waals surface area (Å²) in [7, 11) is 0. The molecule has 2 aromatic carbocycles. The Kier molecular flexibility index (Phi) is 4.32. The third kappa shape index (κ3) is 3.14. The predicted octanol–water partition coefficient (Wildman–Crippen LogP) is 2.89. The molecule has 3 heteroatoms. The number of benzene rings is 2. The van der Waals surface area contributed by atoms with Crippen molar-refractivity contribution in [3.8, 4) is 0 Å². The first-order chi connectivity index (χ1) is 10.3. The van der Waals surface area contributed by atoms with E-state index in [1.165, 1.54) is 11.1 Å². The lowest BCUT2D eigenvalue weighted by atomic mass is 10.0. The Hall–Kier alpha value is -1.71. The molecule has 0 saturated heterocycles. The summed E-state index contributed by atoms with van der Waals surface area (Å²) in [5.74, 6) is -0.137. The molecule has 0 radical (unpaired) electrons. The fraction of sp³-hybridized carbons (Fsp3) is 0.333. The third-order valence-electron chi connectivity index (χ3n) is 4.29. The molecule has 0 aromatic heterocycles. The molecule has 21 heavy (non-hydrogen) atoms. The van der Waals surface area contributed by atoms with Gasteiger partial charge < -0.3 is 5.73 Å². The van der Waals surface area contributed by atoms with Crippen molar-refractivity contribution in [2.45, 2.75) is 25.9 Å². The van der Waals surface area contributed by atoms with Crippen molar-refractivity contribution in [3.05, 3.63) is 70.5 Å². The minimum atomic E-state index is -0.137. The smallest absolute Gasteiger partial charge is 0.132 e. The molecule has 0 spiro atoms. The lowest BCUT2D eigenvalue weighted by Gasteiger charge is -2.20. The van der Waals surface area contributed by atoms with Crippen molar-refractivity contribution in [2.24, 2.45) is 5.73 Å². The molecule has 2 aromatic rings. The topological polar surface area (TPSA) is 29.3 Å². The van der Waals surface area contributed by atoms with Crippen LogP contribution >= 0.6 is 0 Å². The minimum Gasteiger partial charge on any atom is -0.326 e. The summed E-state index contributed by atoms with van der Waals surface area (Å²) in [6, 6.07) is 14.1. The Morgan fingerprint density at radius 2 is 1.52 bits per heavy atom. The van der Waals surface area contributed by atoms with Crippen LogP contribution in [0.1, 0.15) is 22.3 Å². The highest BCUT2D eigenvalue weighted by molar-refractivity contribution is 5.29. The minimum absolute atomic E-state index is 0.137. The van der Waals surface area contributed by atoms with Gasteiger partial charge in [0.2, 0.25) is 0 Å². The van der Waals surface area contributed by atoms with Crippen LogP contribution in [0.4, 0.5) is 4.39 Å². The van der Waals surface area contributed by atoms with Crippen LogP contribution in [-0.2, 0) is 25.9 Å². The summed E-state index contributed by atoms with van der Waals surface area (Å²) in [5, 5.41) is 0. The maximum absolute atomic E-state index is 14.3. The molecule has 110 valence electrons. The Morgan fingerprint density at radius 3 is 2.14 bits per heavy atom.